The first-order chi connectivity index (χ1) is 9.24. The van der Waals surface area contributed by atoms with E-state index in [9.17, 15) is 0 Å². The van der Waals surface area contributed by atoms with Gasteiger partial charge in [-0.1, -0.05) is 19.3 Å². The van der Waals surface area contributed by atoms with E-state index in [1.807, 2.05) is 17.9 Å². The summed E-state index contributed by atoms with van der Waals surface area (Å²) >= 11 is 0. The van der Waals surface area contributed by atoms with Crippen LogP contribution in [0.3, 0.4) is 0 Å². The van der Waals surface area contributed by atoms with Gasteiger partial charge in [-0.15, -0.1) is 0 Å². The van der Waals surface area contributed by atoms with Crippen LogP contribution in [0.2, 0.25) is 0 Å². The van der Waals surface area contributed by atoms with E-state index in [1.54, 1.807) is 0 Å². The number of aromatic nitrogens is 2. The summed E-state index contributed by atoms with van der Waals surface area (Å²) in [6.07, 6.45) is 9.12. The summed E-state index contributed by atoms with van der Waals surface area (Å²) in [5.41, 5.74) is 0. The molecule has 1 aliphatic heterocycles. The van der Waals surface area contributed by atoms with Gasteiger partial charge in [0.05, 0.1) is 0 Å². The molecule has 0 amide bonds. The van der Waals surface area contributed by atoms with Crippen LogP contribution in [0.15, 0.2) is 12.3 Å². The SMILES string of the molecule is CC1CNC(C2CCCCC2)CN1c1ccn(C)n1. The first-order valence-corrected chi connectivity index (χ1v) is 7.73. The fraction of sp³-hybridized carbons (Fsp3) is 0.800. The van der Waals surface area contributed by atoms with E-state index in [2.05, 4.69) is 28.3 Å². The van der Waals surface area contributed by atoms with Crippen LogP contribution >= 0.6 is 0 Å². The molecule has 1 N–H and O–H groups in total. The molecule has 0 radical (unpaired) electrons. The third-order valence-corrected chi connectivity index (χ3v) is 4.81. The van der Waals surface area contributed by atoms with Crippen molar-refractivity contribution in [2.24, 2.45) is 13.0 Å². The van der Waals surface area contributed by atoms with Crippen LogP contribution in [0, 0.1) is 5.92 Å². The zero-order valence-corrected chi connectivity index (χ0v) is 12.2. The van der Waals surface area contributed by atoms with Crippen LogP contribution in [0.5, 0.6) is 0 Å². The fourth-order valence-corrected chi connectivity index (χ4v) is 3.62. The molecule has 0 bridgehead atoms. The van der Waals surface area contributed by atoms with Gasteiger partial charge in [0.25, 0.3) is 0 Å². The average molecular weight is 262 g/mol. The molecular formula is C15H26N4. The number of nitrogens with one attached hydrogen (secondary N) is 1. The number of nitrogens with zero attached hydrogens (tertiary/aromatic N) is 3. The lowest BCUT2D eigenvalue weighted by atomic mass is 9.82. The second-order valence-corrected chi connectivity index (χ2v) is 6.26. The quantitative estimate of drug-likeness (QED) is 0.886. The largest absolute Gasteiger partial charge is 0.350 e. The third-order valence-electron chi connectivity index (χ3n) is 4.81. The number of anilines is 1. The molecule has 2 atom stereocenters. The Bertz CT molecular complexity index is 408. The maximum atomic E-state index is 4.58. The first-order valence-electron chi connectivity index (χ1n) is 7.73. The summed E-state index contributed by atoms with van der Waals surface area (Å²) < 4.78 is 1.90. The van der Waals surface area contributed by atoms with Crippen molar-refractivity contribution in [1.82, 2.24) is 15.1 Å². The molecular weight excluding hydrogens is 236 g/mol. The van der Waals surface area contributed by atoms with Crippen molar-refractivity contribution in [3.8, 4) is 0 Å². The lowest BCUT2D eigenvalue weighted by Crippen LogP contribution is -2.58. The number of hydrogen-bond donors (Lipinski definition) is 1. The predicted octanol–water partition coefficient (Wildman–Crippen LogP) is 2.17. The molecule has 1 aliphatic carbocycles. The van der Waals surface area contributed by atoms with Crippen molar-refractivity contribution < 1.29 is 0 Å². The van der Waals surface area contributed by atoms with Crippen molar-refractivity contribution >= 4 is 5.82 Å². The van der Waals surface area contributed by atoms with Gasteiger partial charge in [-0.05, 0) is 25.7 Å². The van der Waals surface area contributed by atoms with Crippen molar-refractivity contribution in [2.75, 3.05) is 18.0 Å². The number of rotatable bonds is 2. The number of piperazine rings is 1. The molecule has 1 saturated heterocycles. The molecule has 3 rings (SSSR count). The van der Waals surface area contributed by atoms with E-state index >= 15 is 0 Å². The van der Waals surface area contributed by atoms with Crippen LogP contribution in [-0.4, -0.2) is 35.0 Å². The minimum atomic E-state index is 0.537. The average Bonchev–Trinajstić information content (AvgIpc) is 2.87. The van der Waals surface area contributed by atoms with E-state index in [1.165, 1.54) is 32.1 Å². The number of hydrogen-bond acceptors (Lipinski definition) is 3. The van der Waals surface area contributed by atoms with Crippen molar-refractivity contribution in [1.29, 1.82) is 0 Å². The highest BCUT2D eigenvalue weighted by Gasteiger charge is 2.31. The summed E-state index contributed by atoms with van der Waals surface area (Å²) in [5.74, 6) is 2.00. The van der Waals surface area contributed by atoms with Crippen LogP contribution in [0.4, 0.5) is 5.82 Å². The highest BCUT2D eigenvalue weighted by molar-refractivity contribution is 5.39. The fourth-order valence-electron chi connectivity index (χ4n) is 3.62. The molecule has 2 heterocycles. The van der Waals surface area contributed by atoms with E-state index in [-0.39, 0.29) is 0 Å². The molecule has 1 aromatic rings. The van der Waals surface area contributed by atoms with Gasteiger partial charge in [-0.2, -0.15) is 5.10 Å². The second-order valence-electron chi connectivity index (χ2n) is 6.26. The first kappa shape index (κ1) is 13.0. The third kappa shape index (κ3) is 2.78. The zero-order valence-electron chi connectivity index (χ0n) is 12.2. The molecule has 1 saturated carbocycles. The smallest absolute Gasteiger partial charge is 0.150 e. The van der Waals surface area contributed by atoms with Crippen LogP contribution in [0.25, 0.3) is 0 Å². The van der Waals surface area contributed by atoms with Crippen LogP contribution in [-0.2, 0) is 7.05 Å². The summed E-state index contributed by atoms with van der Waals surface area (Å²) in [6, 6.07) is 3.33. The van der Waals surface area contributed by atoms with Gasteiger partial charge >= 0.3 is 0 Å². The van der Waals surface area contributed by atoms with Crippen molar-refractivity contribution in [3.05, 3.63) is 12.3 Å². The normalized spacial score (nSPS) is 29.7. The Balaban J connectivity index is 1.69. The van der Waals surface area contributed by atoms with Crippen LogP contribution in [0.1, 0.15) is 39.0 Å². The monoisotopic (exact) mass is 262 g/mol. The molecule has 0 aromatic carbocycles. The Kier molecular flexibility index (Phi) is 3.78. The van der Waals surface area contributed by atoms with E-state index in [0.29, 0.717) is 12.1 Å². The van der Waals surface area contributed by atoms with Gasteiger partial charge in [0.1, 0.15) is 0 Å². The molecule has 0 spiro atoms. The minimum absolute atomic E-state index is 0.537. The topological polar surface area (TPSA) is 33.1 Å². The van der Waals surface area contributed by atoms with E-state index < -0.39 is 0 Å². The van der Waals surface area contributed by atoms with Gasteiger partial charge < -0.3 is 10.2 Å². The molecule has 2 fully saturated rings. The Morgan fingerprint density at radius 3 is 2.74 bits per heavy atom. The zero-order chi connectivity index (χ0) is 13.2. The Labute approximate surface area is 116 Å². The Hall–Kier alpha value is -1.03. The maximum Gasteiger partial charge on any atom is 0.150 e. The van der Waals surface area contributed by atoms with Crippen LogP contribution < -0.4 is 10.2 Å². The summed E-state index contributed by atoms with van der Waals surface area (Å²) in [7, 11) is 2.00. The highest BCUT2D eigenvalue weighted by Crippen LogP contribution is 2.29. The molecule has 4 heteroatoms. The summed E-state index contributed by atoms with van der Waals surface area (Å²) in [6.45, 7) is 4.49. The van der Waals surface area contributed by atoms with Crippen molar-refractivity contribution in [2.45, 2.75) is 51.1 Å². The lowest BCUT2D eigenvalue weighted by molar-refractivity contribution is 0.244. The summed E-state index contributed by atoms with van der Waals surface area (Å²) in [5, 5.41) is 8.35. The van der Waals surface area contributed by atoms with E-state index in [0.717, 1.165) is 24.8 Å². The van der Waals surface area contributed by atoms with Gasteiger partial charge in [0.15, 0.2) is 5.82 Å². The van der Waals surface area contributed by atoms with Crippen molar-refractivity contribution in [3.63, 3.8) is 0 Å². The van der Waals surface area contributed by atoms with Gasteiger partial charge in [0.2, 0.25) is 0 Å². The lowest BCUT2D eigenvalue weighted by Gasteiger charge is -2.43. The van der Waals surface area contributed by atoms with Gasteiger partial charge in [-0.3, -0.25) is 4.68 Å². The maximum absolute atomic E-state index is 4.58. The Morgan fingerprint density at radius 2 is 2.05 bits per heavy atom. The highest BCUT2D eigenvalue weighted by atomic mass is 15.4. The summed E-state index contributed by atoms with van der Waals surface area (Å²) in [4.78, 5) is 2.48. The standard InChI is InChI=1S/C15H26N4/c1-12-10-16-14(13-6-4-3-5-7-13)11-19(12)15-8-9-18(2)17-15/h8-9,12-14,16H,3-7,10-11H2,1-2H3. The molecule has 2 unspecified atom stereocenters. The van der Waals surface area contributed by atoms with Gasteiger partial charge in [-0.25, -0.2) is 0 Å². The predicted molar refractivity (Wildman–Crippen MR) is 78.4 cm³/mol. The molecule has 19 heavy (non-hydrogen) atoms. The Morgan fingerprint density at radius 1 is 1.26 bits per heavy atom. The molecule has 4 nitrogen and oxygen atoms in total. The molecule has 1 aromatic heterocycles. The molecule has 2 aliphatic rings. The minimum Gasteiger partial charge on any atom is -0.350 e. The second kappa shape index (κ2) is 5.53. The van der Waals surface area contributed by atoms with E-state index in [4.69, 9.17) is 0 Å². The van der Waals surface area contributed by atoms with Gasteiger partial charge in [0, 0.05) is 44.5 Å². The molecule has 106 valence electrons. The number of aryl methyl sites for hydroxylation is 1.